The van der Waals surface area contributed by atoms with E-state index in [0.29, 0.717) is 6.04 Å². The number of anilines is 1. The Bertz CT molecular complexity index is 470. The van der Waals surface area contributed by atoms with E-state index in [2.05, 4.69) is 17.1 Å². The molecule has 2 fully saturated rings. The van der Waals surface area contributed by atoms with Crippen molar-refractivity contribution in [3.63, 3.8) is 0 Å². The first kappa shape index (κ1) is 14.8. The molecule has 3 rings (SSSR count). The fraction of sp³-hybridized carbons (Fsp3) is 0.647. The Kier molecular flexibility index (Phi) is 4.76. The van der Waals surface area contributed by atoms with Crippen molar-refractivity contribution in [1.82, 2.24) is 5.32 Å². The van der Waals surface area contributed by atoms with Crippen LogP contribution in [0.25, 0.3) is 0 Å². The van der Waals surface area contributed by atoms with Crippen molar-refractivity contribution >= 4 is 5.69 Å². The van der Waals surface area contributed by atoms with E-state index < -0.39 is 0 Å². The summed E-state index contributed by atoms with van der Waals surface area (Å²) in [5, 5.41) is 3.49. The molecule has 1 aliphatic carbocycles. The second kappa shape index (κ2) is 6.75. The lowest BCUT2D eigenvalue weighted by atomic mass is 10.1. The largest absolute Gasteiger partial charge is 0.376 e. The zero-order chi connectivity index (χ0) is 14.7. The summed E-state index contributed by atoms with van der Waals surface area (Å²) in [5.41, 5.74) is 1.81. The van der Waals surface area contributed by atoms with E-state index in [1.54, 1.807) is 6.07 Å². The smallest absolute Gasteiger partial charge is 0.146 e. The van der Waals surface area contributed by atoms with Crippen molar-refractivity contribution in [3.8, 4) is 0 Å². The summed E-state index contributed by atoms with van der Waals surface area (Å²) in [6, 6.07) is 6.04. The predicted octanol–water partition coefficient (Wildman–Crippen LogP) is 3.08. The van der Waals surface area contributed by atoms with Gasteiger partial charge in [-0.15, -0.1) is 0 Å². The summed E-state index contributed by atoms with van der Waals surface area (Å²) in [4.78, 5) is 2.13. The van der Waals surface area contributed by atoms with Crippen molar-refractivity contribution in [1.29, 1.82) is 0 Å². The number of hydrogen-bond donors (Lipinski definition) is 1. The molecule has 1 saturated heterocycles. The standard InChI is InChI=1S/C17H25FN2O/c1-2-20(12-15-6-4-10-21-15)17-13(5-3-7-16(17)18)11-19-14-8-9-14/h3,5,7,14-15,19H,2,4,6,8-12H2,1H3. The number of hydrogen-bond acceptors (Lipinski definition) is 3. The van der Waals surface area contributed by atoms with Crippen LogP contribution in [-0.4, -0.2) is 31.8 Å². The van der Waals surface area contributed by atoms with Crippen molar-refractivity contribution in [2.45, 2.75) is 51.3 Å². The molecule has 0 amide bonds. The third kappa shape index (κ3) is 3.74. The summed E-state index contributed by atoms with van der Waals surface area (Å²) in [5.74, 6) is -0.120. The van der Waals surface area contributed by atoms with Gasteiger partial charge in [0.05, 0.1) is 11.8 Å². The number of para-hydroxylation sites is 1. The van der Waals surface area contributed by atoms with Crippen molar-refractivity contribution in [3.05, 3.63) is 29.6 Å². The van der Waals surface area contributed by atoms with E-state index in [0.717, 1.165) is 50.3 Å². The molecular weight excluding hydrogens is 267 g/mol. The second-order valence-electron chi connectivity index (χ2n) is 6.08. The number of likely N-dealkylation sites (N-methyl/N-ethyl adjacent to an activating group) is 1. The molecule has 2 aliphatic rings. The second-order valence-corrected chi connectivity index (χ2v) is 6.08. The van der Waals surface area contributed by atoms with Gasteiger partial charge in [-0.25, -0.2) is 4.39 Å². The molecule has 0 spiro atoms. The molecule has 1 unspecified atom stereocenters. The summed E-state index contributed by atoms with van der Waals surface area (Å²) in [6.45, 7) is 5.26. The highest BCUT2D eigenvalue weighted by molar-refractivity contribution is 5.55. The highest BCUT2D eigenvalue weighted by Crippen LogP contribution is 2.28. The van der Waals surface area contributed by atoms with E-state index in [9.17, 15) is 4.39 Å². The van der Waals surface area contributed by atoms with Crippen molar-refractivity contribution in [2.24, 2.45) is 0 Å². The highest BCUT2D eigenvalue weighted by Gasteiger charge is 2.24. The Morgan fingerprint density at radius 1 is 1.33 bits per heavy atom. The third-order valence-corrected chi connectivity index (χ3v) is 4.37. The van der Waals surface area contributed by atoms with Gasteiger partial charge in [-0.2, -0.15) is 0 Å². The van der Waals surface area contributed by atoms with Gasteiger partial charge in [-0.3, -0.25) is 0 Å². The minimum Gasteiger partial charge on any atom is -0.376 e. The van der Waals surface area contributed by atoms with Gasteiger partial charge in [-0.1, -0.05) is 12.1 Å². The van der Waals surface area contributed by atoms with E-state index in [1.807, 2.05) is 12.1 Å². The number of nitrogens with zero attached hydrogens (tertiary/aromatic N) is 1. The van der Waals surface area contributed by atoms with Crippen LogP contribution in [-0.2, 0) is 11.3 Å². The lowest BCUT2D eigenvalue weighted by Gasteiger charge is -2.28. The zero-order valence-corrected chi connectivity index (χ0v) is 12.8. The summed E-state index contributed by atoms with van der Waals surface area (Å²) < 4.78 is 20.1. The van der Waals surface area contributed by atoms with Crippen LogP contribution in [0.4, 0.5) is 10.1 Å². The number of benzene rings is 1. The number of halogens is 1. The van der Waals surface area contributed by atoms with Crippen molar-refractivity contribution in [2.75, 3.05) is 24.6 Å². The molecular formula is C17H25FN2O. The Balaban J connectivity index is 1.75. The van der Waals surface area contributed by atoms with Crippen LogP contribution < -0.4 is 10.2 Å². The van der Waals surface area contributed by atoms with Crippen LogP contribution in [0.2, 0.25) is 0 Å². The van der Waals surface area contributed by atoms with E-state index in [4.69, 9.17) is 4.74 Å². The number of nitrogens with one attached hydrogen (secondary N) is 1. The van der Waals surface area contributed by atoms with Crippen LogP contribution in [0.1, 0.15) is 38.2 Å². The molecule has 116 valence electrons. The van der Waals surface area contributed by atoms with Crippen molar-refractivity contribution < 1.29 is 9.13 Å². The SMILES string of the molecule is CCN(CC1CCCO1)c1c(F)cccc1CNC1CC1. The number of rotatable bonds is 7. The normalized spacial score (nSPS) is 21.7. The van der Waals surface area contributed by atoms with Crippen LogP contribution in [0.3, 0.4) is 0 Å². The van der Waals surface area contributed by atoms with Crippen LogP contribution in [0, 0.1) is 5.82 Å². The van der Waals surface area contributed by atoms with Gasteiger partial charge in [-0.05, 0) is 44.2 Å². The lowest BCUT2D eigenvalue weighted by molar-refractivity contribution is 0.115. The molecule has 1 atom stereocenters. The van der Waals surface area contributed by atoms with Crippen LogP contribution in [0.15, 0.2) is 18.2 Å². The molecule has 0 radical (unpaired) electrons. The molecule has 21 heavy (non-hydrogen) atoms. The number of ether oxygens (including phenoxy) is 1. The quantitative estimate of drug-likeness (QED) is 0.836. The van der Waals surface area contributed by atoms with Gasteiger partial charge in [0.2, 0.25) is 0 Å². The van der Waals surface area contributed by atoms with E-state index >= 15 is 0 Å². The van der Waals surface area contributed by atoms with Gasteiger partial charge in [0, 0.05) is 32.3 Å². The summed E-state index contributed by atoms with van der Waals surface area (Å²) in [6.07, 6.45) is 4.94. The van der Waals surface area contributed by atoms with Gasteiger partial charge >= 0.3 is 0 Å². The predicted molar refractivity (Wildman–Crippen MR) is 83.1 cm³/mol. The van der Waals surface area contributed by atoms with Gasteiger partial charge in [0.15, 0.2) is 0 Å². The summed E-state index contributed by atoms with van der Waals surface area (Å²) in [7, 11) is 0. The molecule has 1 N–H and O–H groups in total. The molecule has 3 nitrogen and oxygen atoms in total. The van der Waals surface area contributed by atoms with Crippen LogP contribution >= 0.6 is 0 Å². The Labute approximate surface area is 126 Å². The maximum atomic E-state index is 14.4. The first-order valence-corrected chi connectivity index (χ1v) is 8.15. The minimum atomic E-state index is -0.120. The molecule has 0 aromatic heterocycles. The Morgan fingerprint density at radius 2 is 2.19 bits per heavy atom. The molecule has 1 heterocycles. The Hall–Kier alpha value is -1.13. The van der Waals surface area contributed by atoms with Gasteiger partial charge in [0.25, 0.3) is 0 Å². The molecule has 0 bridgehead atoms. The average molecular weight is 292 g/mol. The fourth-order valence-corrected chi connectivity index (χ4v) is 3.01. The monoisotopic (exact) mass is 292 g/mol. The van der Waals surface area contributed by atoms with E-state index in [1.165, 1.54) is 12.8 Å². The molecule has 1 aromatic rings. The first-order chi connectivity index (χ1) is 10.3. The van der Waals surface area contributed by atoms with Gasteiger partial charge in [0.1, 0.15) is 5.82 Å². The van der Waals surface area contributed by atoms with Crippen LogP contribution in [0.5, 0.6) is 0 Å². The van der Waals surface area contributed by atoms with E-state index in [-0.39, 0.29) is 11.9 Å². The molecule has 1 saturated carbocycles. The fourth-order valence-electron chi connectivity index (χ4n) is 3.01. The molecule has 4 heteroatoms. The zero-order valence-electron chi connectivity index (χ0n) is 12.8. The third-order valence-electron chi connectivity index (χ3n) is 4.37. The maximum Gasteiger partial charge on any atom is 0.146 e. The summed E-state index contributed by atoms with van der Waals surface area (Å²) >= 11 is 0. The Morgan fingerprint density at radius 3 is 2.86 bits per heavy atom. The lowest BCUT2D eigenvalue weighted by Crippen LogP contribution is -2.34. The first-order valence-electron chi connectivity index (χ1n) is 8.15. The minimum absolute atomic E-state index is 0.120. The average Bonchev–Trinajstić information content (AvgIpc) is 3.18. The van der Waals surface area contributed by atoms with Gasteiger partial charge < -0.3 is 15.0 Å². The molecule has 1 aromatic carbocycles. The highest BCUT2D eigenvalue weighted by atomic mass is 19.1. The topological polar surface area (TPSA) is 24.5 Å². The maximum absolute atomic E-state index is 14.4. The molecule has 1 aliphatic heterocycles.